The maximum absolute atomic E-state index is 12.3. The van der Waals surface area contributed by atoms with Gasteiger partial charge in [-0.15, -0.1) is 0 Å². The van der Waals surface area contributed by atoms with Gasteiger partial charge in [0.1, 0.15) is 5.76 Å². The zero-order valence-corrected chi connectivity index (χ0v) is 13.3. The molecule has 2 N–H and O–H groups in total. The number of likely N-dealkylation sites (tertiary alicyclic amines) is 1. The fourth-order valence-electron chi connectivity index (χ4n) is 2.94. The van der Waals surface area contributed by atoms with E-state index in [-0.39, 0.29) is 11.9 Å². The van der Waals surface area contributed by atoms with Gasteiger partial charge in [0, 0.05) is 12.6 Å². The van der Waals surface area contributed by atoms with Gasteiger partial charge in [-0.05, 0) is 58.3 Å². The molecule has 1 aromatic rings. The smallest absolute Gasteiger partial charge is 0.237 e. The highest BCUT2D eigenvalue weighted by Crippen LogP contribution is 2.21. The Morgan fingerprint density at radius 1 is 1.52 bits per heavy atom. The summed E-state index contributed by atoms with van der Waals surface area (Å²) in [7, 11) is 2.00. The van der Waals surface area contributed by atoms with Gasteiger partial charge in [-0.3, -0.25) is 9.69 Å². The number of rotatable bonds is 6. The van der Waals surface area contributed by atoms with Crippen LogP contribution >= 0.6 is 0 Å². The fourth-order valence-corrected chi connectivity index (χ4v) is 2.94. The first kappa shape index (κ1) is 16.0. The number of amides is 1. The quantitative estimate of drug-likeness (QED) is 0.836. The number of nitrogens with zero attached hydrogens (tertiary/aromatic N) is 1. The lowest BCUT2D eigenvalue weighted by atomic mass is 9.91. The van der Waals surface area contributed by atoms with Crippen LogP contribution in [-0.4, -0.2) is 43.0 Å². The topological polar surface area (TPSA) is 57.5 Å². The van der Waals surface area contributed by atoms with Crippen molar-refractivity contribution in [2.45, 2.75) is 45.3 Å². The Labute approximate surface area is 127 Å². The van der Waals surface area contributed by atoms with Crippen molar-refractivity contribution in [3.63, 3.8) is 0 Å². The molecule has 5 heteroatoms. The average molecular weight is 293 g/mol. The zero-order valence-electron chi connectivity index (χ0n) is 13.3. The largest absolute Gasteiger partial charge is 0.467 e. The van der Waals surface area contributed by atoms with E-state index in [0.717, 1.165) is 25.3 Å². The second-order valence-corrected chi connectivity index (χ2v) is 5.95. The molecule has 1 fully saturated rings. The van der Waals surface area contributed by atoms with E-state index in [0.29, 0.717) is 18.5 Å². The molecule has 0 aliphatic carbocycles. The molecular weight excluding hydrogens is 266 g/mol. The molecule has 1 aromatic heterocycles. The highest BCUT2D eigenvalue weighted by atomic mass is 16.3. The van der Waals surface area contributed by atoms with Crippen LogP contribution in [0.2, 0.25) is 0 Å². The van der Waals surface area contributed by atoms with Gasteiger partial charge < -0.3 is 15.1 Å². The van der Waals surface area contributed by atoms with Crippen molar-refractivity contribution in [1.29, 1.82) is 0 Å². The molecule has 0 spiro atoms. The normalized spacial score (nSPS) is 22.7. The minimum absolute atomic E-state index is 0.0733. The number of hydrogen-bond acceptors (Lipinski definition) is 4. The van der Waals surface area contributed by atoms with E-state index in [1.54, 1.807) is 6.26 Å². The number of piperidine rings is 1. The number of hydrogen-bond donors (Lipinski definition) is 2. The number of nitrogens with one attached hydrogen (secondary N) is 2. The molecule has 1 amide bonds. The van der Waals surface area contributed by atoms with Crippen molar-refractivity contribution in [3.8, 4) is 0 Å². The van der Waals surface area contributed by atoms with Crippen molar-refractivity contribution < 1.29 is 9.21 Å². The van der Waals surface area contributed by atoms with E-state index in [9.17, 15) is 4.79 Å². The van der Waals surface area contributed by atoms with Crippen molar-refractivity contribution in [2.75, 3.05) is 20.1 Å². The van der Waals surface area contributed by atoms with Crippen molar-refractivity contribution >= 4 is 5.91 Å². The summed E-state index contributed by atoms with van der Waals surface area (Å²) in [6, 6.07) is 4.11. The second-order valence-electron chi connectivity index (χ2n) is 5.95. The third kappa shape index (κ3) is 4.32. The first-order valence-corrected chi connectivity index (χ1v) is 7.83. The highest BCUT2D eigenvalue weighted by molar-refractivity contribution is 5.81. The monoisotopic (exact) mass is 293 g/mol. The lowest BCUT2D eigenvalue weighted by Crippen LogP contribution is -2.51. The second kappa shape index (κ2) is 7.61. The Bertz CT molecular complexity index is 433. The molecule has 1 aliphatic rings. The van der Waals surface area contributed by atoms with Crippen molar-refractivity contribution in [2.24, 2.45) is 5.92 Å². The summed E-state index contributed by atoms with van der Waals surface area (Å²) in [5, 5.41) is 6.28. The molecule has 3 atom stereocenters. The SMILES string of the molecule is CNC(C)C1CCCN(C(C)C(=O)NCc2ccco2)C1. The Kier molecular flexibility index (Phi) is 5.82. The standard InChI is InChI=1S/C16H27N3O2/c1-12(17-3)14-6-4-8-19(11-14)13(2)16(20)18-10-15-7-5-9-21-15/h5,7,9,12-14,17H,4,6,8,10-11H2,1-3H3,(H,18,20). The van der Waals surface area contributed by atoms with Crippen LogP contribution in [0.4, 0.5) is 0 Å². The van der Waals surface area contributed by atoms with Gasteiger partial charge in [-0.2, -0.15) is 0 Å². The Balaban J connectivity index is 1.83. The molecule has 0 aromatic carbocycles. The lowest BCUT2D eigenvalue weighted by molar-refractivity contribution is -0.126. The molecule has 0 saturated carbocycles. The van der Waals surface area contributed by atoms with Crippen LogP contribution in [0, 0.1) is 5.92 Å². The zero-order chi connectivity index (χ0) is 15.2. The average Bonchev–Trinajstić information content (AvgIpc) is 3.04. The predicted molar refractivity (Wildman–Crippen MR) is 82.8 cm³/mol. The minimum atomic E-state index is -0.0909. The molecule has 21 heavy (non-hydrogen) atoms. The van der Waals surface area contributed by atoms with E-state index >= 15 is 0 Å². The van der Waals surface area contributed by atoms with Crippen LogP contribution in [0.5, 0.6) is 0 Å². The van der Waals surface area contributed by atoms with Crippen LogP contribution in [0.1, 0.15) is 32.4 Å². The molecule has 2 heterocycles. The molecule has 118 valence electrons. The summed E-state index contributed by atoms with van der Waals surface area (Å²) in [4.78, 5) is 14.6. The predicted octanol–water partition coefficient (Wildman–Crippen LogP) is 1.60. The number of carbonyl (C=O) groups excluding carboxylic acids is 1. The summed E-state index contributed by atoms with van der Waals surface area (Å²) >= 11 is 0. The van der Waals surface area contributed by atoms with E-state index in [1.165, 1.54) is 6.42 Å². The third-order valence-electron chi connectivity index (χ3n) is 4.60. The number of carbonyl (C=O) groups is 1. The number of furan rings is 1. The summed E-state index contributed by atoms with van der Waals surface area (Å²) in [6.07, 6.45) is 4.02. The van der Waals surface area contributed by atoms with Crippen molar-refractivity contribution in [1.82, 2.24) is 15.5 Å². The third-order valence-corrected chi connectivity index (χ3v) is 4.60. The van der Waals surface area contributed by atoms with Crippen LogP contribution in [0.3, 0.4) is 0 Å². The van der Waals surface area contributed by atoms with E-state index in [2.05, 4.69) is 22.5 Å². The fraction of sp³-hybridized carbons (Fsp3) is 0.688. The Morgan fingerprint density at radius 3 is 3.00 bits per heavy atom. The lowest BCUT2D eigenvalue weighted by Gasteiger charge is -2.38. The molecular formula is C16H27N3O2. The van der Waals surface area contributed by atoms with Crippen LogP contribution < -0.4 is 10.6 Å². The molecule has 5 nitrogen and oxygen atoms in total. The summed E-state index contributed by atoms with van der Waals surface area (Å²) in [6.45, 7) is 6.65. The molecule has 3 unspecified atom stereocenters. The van der Waals surface area contributed by atoms with Gasteiger partial charge in [0.05, 0.1) is 18.8 Å². The minimum Gasteiger partial charge on any atom is -0.467 e. The van der Waals surface area contributed by atoms with E-state index in [4.69, 9.17) is 4.42 Å². The first-order chi connectivity index (χ1) is 10.1. The summed E-state index contributed by atoms with van der Waals surface area (Å²) in [5.41, 5.74) is 0. The Hall–Kier alpha value is -1.33. The Morgan fingerprint density at radius 2 is 2.33 bits per heavy atom. The molecule has 2 rings (SSSR count). The van der Waals surface area contributed by atoms with E-state index < -0.39 is 0 Å². The van der Waals surface area contributed by atoms with E-state index in [1.807, 2.05) is 26.1 Å². The van der Waals surface area contributed by atoms with Crippen molar-refractivity contribution in [3.05, 3.63) is 24.2 Å². The maximum atomic E-state index is 12.3. The molecule has 0 radical (unpaired) electrons. The van der Waals surface area contributed by atoms with Gasteiger partial charge in [-0.25, -0.2) is 0 Å². The van der Waals surface area contributed by atoms with Crippen LogP contribution in [0.15, 0.2) is 22.8 Å². The first-order valence-electron chi connectivity index (χ1n) is 7.83. The molecule has 1 saturated heterocycles. The van der Waals surface area contributed by atoms with Gasteiger partial charge in [0.2, 0.25) is 5.91 Å². The summed E-state index contributed by atoms with van der Waals surface area (Å²) < 4.78 is 5.24. The molecule has 1 aliphatic heterocycles. The van der Waals surface area contributed by atoms with Crippen LogP contribution in [0.25, 0.3) is 0 Å². The van der Waals surface area contributed by atoms with Gasteiger partial charge >= 0.3 is 0 Å². The summed E-state index contributed by atoms with van der Waals surface area (Å²) in [5.74, 6) is 1.48. The van der Waals surface area contributed by atoms with Gasteiger partial charge in [0.25, 0.3) is 0 Å². The van der Waals surface area contributed by atoms with Gasteiger partial charge in [-0.1, -0.05) is 0 Å². The van der Waals surface area contributed by atoms with Gasteiger partial charge in [0.15, 0.2) is 0 Å². The maximum Gasteiger partial charge on any atom is 0.237 e. The van der Waals surface area contributed by atoms with Crippen LogP contribution in [-0.2, 0) is 11.3 Å². The highest BCUT2D eigenvalue weighted by Gasteiger charge is 2.29. The molecule has 0 bridgehead atoms.